The number of ether oxygens (including phenoxy) is 1. The molecule has 2 saturated heterocycles. The van der Waals surface area contributed by atoms with Crippen LogP contribution in [0.2, 0.25) is 0 Å². The molecule has 2 aliphatic rings. The molecule has 0 saturated carbocycles. The van der Waals surface area contributed by atoms with Gasteiger partial charge in [0.1, 0.15) is 5.60 Å². The van der Waals surface area contributed by atoms with Crippen LogP contribution in [0.5, 0.6) is 0 Å². The molecular weight excluding hydrogens is 370 g/mol. The van der Waals surface area contributed by atoms with Crippen LogP contribution in [-0.2, 0) is 19.4 Å². The fraction of sp³-hybridized carbons (Fsp3) is 0.889. The van der Waals surface area contributed by atoms with Crippen LogP contribution < -0.4 is 10.6 Å². The lowest BCUT2D eigenvalue weighted by atomic mass is 10.0. The van der Waals surface area contributed by atoms with Gasteiger partial charge in [0.15, 0.2) is 9.84 Å². The number of rotatable bonds is 6. The Morgan fingerprint density at radius 2 is 1.78 bits per heavy atom. The summed E-state index contributed by atoms with van der Waals surface area (Å²) in [6.45, 7) is 7.48. The van der Waals surface area contributed by atoms with Crippen molar-refractivity contribution in [3.05, 3.63) is 0 Å². The number of sulfone groups is 1. The third-order valence-electron chi connectivity index (χ3n) is 4.78. The highest BCUT2D eigenvalue weighted by molar-refractivity contribution is 7.91. The molecule has 9 heteroatoms. The second kappa shape index (κ2) is 9.23. The van der Waals surface area contributed by atoms with E-state index in [1.807, 2.05) is 0 Å². The molecule has 0 bridgehead atoms. The Bertz CT molecular complexity index is 623. The standard InChI is InChI=1S/C18H33N3O5S/c1-18(2,3)26-17(23)19-9-7-8-16(22)20-14-12-27(24,25)13-15(14)21-10-5-4-6-11-21/h14-15H,4-13H2,1-3H3,(H,19,23)(H,20,22). The maximum Gasteiger partial charge on any atom is 0.407 e. The van der Waals surface area contributed by atoms with E-state index in [2.05, 4.69) is 15.5 Å². The number of amides is 2. The summed E-state index contributed by atoms with van der Waals surface area (Å²) in [5, 5.41) is 5.52. The molecule has 27 heavy (non-hydrogen) atoms. The Hall–Kier alpha value is -1.35. The first kappa shape index (κ1) is 21.9. The molecule has 0 radical (unpaired) electrons. The van der Waals surface area contributed by atoms with E-state index in [9.17, 15) is 18.0 Å². The summed E-state index contributed by atoms with van der Waals surface area (Å²) in [6, 6.07) is -0.474. The summed E-state index contributed by atoms with van der Waals surface area (Å²) in [6.07, 6.45) is 3.53. The number of likely N-dealkylation sites (tertiary alicyclic amines) is 1. The summed E-state index contributed by atoms with van der Waals surface area (Å²) in [4.78, 5) is 26.0. The van der Waals surface area contributed by atoms with E-state index < -0.39 is 21.5 Å². The van der Waals surface area contributed by atoms with Crippen LogP contribution in [0, 0.1) is 0 Å². The number of hydrogen-bond donors (Lipinski definition) is 2. The van der Waals surface area contributed by atoms with Gasteiger partial charge < -0.3 is 15.4 Å². The van der Waals surface area contributed by atoms with Gasteiger partial charge in [0.2, 0.25) is 5.91 Å². The van der Waals surface area contributed by atoms with Crippen LogP contribution in [0.4, 0.5) is 4.79 Å². The average molecular weight is 404 g/mol. The molecule has 0 aromatic rings. The van der Waals surface area contributed by atoms with Gasteiger partial charge in [-0.1, -0.05) is 6.42 Å². The summed E-state index contributed by atoms with van der Waals surface area (Å²) in [5.74, 6) is -0.0427. The fourth-order valence-electron chi connectivity index (χ4n) is 3.61. The fourth-order valence-corrected chi connectivity index (χ4v) is 5.56. The van der Waals surface area contributed by atoms with Crippen molar-refractivity contribution in [1.82, 2.24) is 15.5 Å². The molecule has 2 rings (SSSR count). The van der Waals surface area contributed by atoms with Crippen LogP contribution in [0.25, 0.3) is 0 Å². The van der Waals surface area contributed by atoms with Gasteiger partial charge in [-0.15, -0.1) is 0 Å². The molecule has 8 nitrogen and oxygen atoms in total. The van der Waals surface area contributed by atoms with Gasteiger partial charge in [-0.3, -0.25) is 9.69 Å². The zero-order valence-corrected chi connectivity index (χ0v) is 17.4. The minimum atomic E-state index is -3.12. The highest BCUT2D eigenvalue weighted by Gasteiger charge is 2.41. The molecule has 2 unspecified atom stereocenters. The van der Waals surface area contributed by atoms with Gasteiger partial charge in [0, 0.05) is 19.0 Å². The topological polar surface area (TPSA) is 105 Å². The zero-order valence-electron chi connectivity index (χ0n) is 16.6. The van der Waals surface area contributed by atoms with Gasteiger partial charge in [-0.25, -0.2) is 13.2 Å². The third kappa shape index (κ3) is 7.65. The van der Waals surface area contributed by atoms with Crippen molar-refractivity contribution in [3.8, 4) is 0 Å². The molecular formula is C18H33N3O5S. The van der Waals surface area contributed by atoms with E-state index in [0.717, 1.165) is 25.9 Å². The van der Waals surface area contributed by atoms with E-state index in [0.29, 0.717) is 13.0 Å². The van der Waals surface area contributed by atoms with Gasteiger partial charge in [-0.2, -0.15) is 0 Å². The van der Waals surface area contributed by atoms with Gasteiger partial charge in [0.25, 0.3) is 0 Å². The molecule has 2 atom stereocenters. The Balaban J connectivity index is 1.75. The first-order valence-corrected chi connectivity index (χ1v) is 11.6. The number of nitrogens with zero attached hydrogens (tertiary/aromatic N) is 1. The quantitative estimate of drug-likeness (QED) is 0.643. The molecule has 2 fully saturated rings. The minimum absolute atomic E-state index is 0.00999. The summed E-state index contributed by atoms with van der Waals surface area (Å²) in [7, 11) is -3.12. The van der Waals surface area contributed by atoms with Gasteiger partial charge in [-0.05, 0) is 53.1 Å². The second-order valence-corrected chi connectivity index (χ2v) is 10.6. The van der Waals surface area contributed by atoms with Crippen LogP contribution in [0.1, 0.15) is 52.9 Å². The number of carbonyl (C=O) groups excluding carboxylic acids is 2. The number of hydrogen-bond acceptors (Lipinski definition) is 6. The van der Waals surface area contributed by atoms with E-state index in [1.165, 1.54) is 6.42 Å². The van der Waals surface area contributed by atoms with Crippen molar-refractivity contribution in [2.45, 2.75) is 70.6 Å². The van der Waals surface area contributed by atoms with Crippen molar-refractivity contribution in [1.29, 1.82) is 0 Å². The molecule has 2 N–H and O–H groups in total. The number of piperidine rings is 1. The molecule has 0 spiro atoms. The first-order valence-electron chi connectivity index (χ1n) is 9.76. The van der Waals surface area contributed by atoms with Gasteiger partial charge >= 0.3 is 6.09 Å². The van der Waals surface area contributed by atoms with Crippen LogP contribution >= 0.6 is 0 Å². The minimum Gasteiger partial charge on any atom is -0.444 e. The second-order valence-electron chi connectivity index (χ2n) is 8.45. The lowest BCUT2D eigenvalue weighted by Gasteiger charge is -2.35. The molecule has 2 amide bonds. The van der Waals surface area contributed by atoms with Crippen LogP contribution in [0.3, 0.4) is 0 Å². The molecule has 0 aliphatic carbocycles. The Labute approximate surface area is 162 Å². The maximum atomic E-state index is 12.2. The van der Waals surface area contributed by atoms with E-state index in [-0.39, 0.29) is 35.9 Å². The summed E-state index contributed by atoms with van der Waals surface area (Å²) < 4.78 is 29.3. The largest absolute Gasteiger partial charge is 0.444 e. The van der Waals surface area contributed by atoms with Crippen molar-refractivity contribution in [2.24, 2.45) is 0 Å². The third-order valence-corrected chi connectivity index (χ3v) is 6.49. The highest BCUT2D eigenvalue weighted by Crippen LogP contribution is 2.22. The van der Waals surface area contributed by atoms with Gasteiger partial charge in [0.05, 0.1) is 17.5 Å². The molecule has 2 aliphatic heterocycles. The first-order chi connectivity index (χ1) is 12.6. The van der Waals surface area contributed by atoms with Crippen molar-refractivity contribution in [2.75, 3.05) is 31.1 Å². The van der Waals surface area contributed by atoms with Crippen LogP contribution in [-0.4, -0.2) is 74.1 Å². The SMILES string of the molecule is CC(C)(C)OC(=O)NCCCC(=O)NC1CS(=O)(=O)CC1N1CCCCC1. The Morgan fingerprint density at radius 3 is 2.41 bits per heavy atom. The number of nitrogens with one attached hydrogen (secondary N) is 2. The van der Waals surface area contributed by atoms with Crippen molar-refractivity contribution >= 4 is 21.8 Å². The molecule has 0 aromatic carbocycles. The smallest absolute Gasteiger partial charge is 0.407 e. The van der Waals surface area contributed by atoms with Crippen LogP contribution in [0.15, 0.2) is 0 Å². The van der Waals surface area contributed by atoms with E-state index >= 15 is 0 Å². The number of carbonyl (C=O) groups is 2. The predicted octanol–water partition coefficient (Wildman–Crippen LogP) is 1.06. The zero-order chi connectivity index (χ0) is 20.1. The van der Waals surface area contributed by atoms with E-state index in [1.54, 1.807) is 20.8 Å². The maximum absolute atomic E-state index is 12.2. The van der Waals surface area contributed by atoms with Crippen molar-refractivity contribution < 1.29 is 22.7 Å². The normalized spacial score (nSPS) is 25.7. The lowest BCUT2D eigenvalue weighted by molar-refractivity contribution is -0.122. The monoisotopic (exact) mass is 403 g/mol. The summed E-state index contributed by atoms with van der Waals surface area (Å²) >= 11 is 0. The highest BCUT2D eigenvalue weighted by atomic mass is 32.2. The average Bonchev–Trinajstić information content (AvgIpc) is 2.85. The Kier molecular flexibility index (Phi) is 7.50. The predicted molar refractivity (Wildman–Crippen MR) is 103 cm³/mol. The molecule has 156 valence electrons. The Morgan fingerprint density at radius 1 is 1.11 bits per heavy atom. The lowest BCUT2D eigenvalue weighted by Crippen LogP contribution is -2.52. The summed E-state index contributed by atoms with van der Waals surface area (Å²) in [5.41, 5.74) is -0.557. The molecule has 0 aromatic heterocycles. The molecule has 2 heterocycles. The van der Waals surface area contributed by atoms with Crippen molar-refractivity contribution in [3.63, 3.8) is 0 Å². The van der Waals surface area contributed by atoms with E-state index in [4.69, 9.17) is 4.74 Å². The number of alkyl carbamates (subject to hydrolysis) is 1.